The van der Waals surface area contributed by atoms with E-state index >= 15 is 0 Å². The van der Waals surface area contributed by atoms with Crippen LogP contribution in [0.5, 0.6) is 0 Å². The molecule has 0 saturated heterocycles. The summed E-state index contributed by atoms with van der Waals surface area (Å²) in [5.74, 6) is -1.30. The number of carboxylic acids is 1. The molecule has 0 bridgehead atoms. The molecule has 0 rings (SSSR count). The molecule has 0 radical (unpaired) electrons. The Morgan fingerprint density at radius 1 is 1.64 bits per heavy atom. The summed E-state index contributed by atoms with van der Waals surface area (Å²) in [6.45, 7) is 0.467. The molecular formula is C6H13N4NaO2S. The largest absolute Gasteiger partial charge is 1.00 e. The quantitative estimate of drug-likeness (QED) is 0.102. The second-order valence-corrected chi connectivity index (χ2v) is 2.74. The van der Waals surface area contributed by atoms with E-state index in [4.69, 9.17) is 11.1 Å². The van der Waals surface area contributed by atoms with Crippen molar-refractivity contribution in [2.24, 2.45) is 5.73 Å². The van der Waals surface area contributed by atoms with Gasteiger partial charge in [0.25, 0.3) is 0 Å². The molecule has 0 unspecified atom stereocenters. The second-order valence-electron chi connectivity index (χ2n) is 2.48. The maximum Gasteiger partial charge on any atom is 1.00 e. The zero-order chi connectivity index (χ0) is 10.3. The molecule has 0 spiro atoms. The molecular weight excluding hydrogens is 215 g/mol. The van der Waals surface area contributed by atoms with E-state index in [2.05, 4.69) is 22.9 Å². The van der Waals surface area contributed by atoms with Crippen LogP contribution in [0.3, 0.4) is 0 Å². The van der Waals surface area contributed by atoms with Crippen molar-refractivity contribution in [3.05, 3.63) is 0 Å². The molecule has 0 aromatic carbocycles. The van der Waals surface area contributed by atoms with Gasteiger partial charge in [-0.3, -0.25) is 10.1 Å². The number of nitrogens with two attached hydrogens (primary N) is 1. The van der Waals surface area contributed by atoms with Gasteiger partial charge in [-0.1, -0.05) is 12.8 Å². The van der Waals surface area contributed by atoms with Gasteiger partial charge in [0.15, 0.2) is 5.96 Å². The first-order valence-corrected chi connectivity index (χ1v) is 4.21. The molecule has 0 aliphatic carbocycles. The molecule has 0 aliphatic heterocycles. The number of carboxylic acid groups (broad SMARTS) is 1. The predicted octanol–water partition coefficient (Wildman–Crippen LogP) is -5.19. The van der Waals surface area contributed by atoms with Crippen molar-refractivity contribution in [2.75, 3.05) is 6.54 Å². The Balaban J connectivity index is 0. The van der Waals surface area contributed by atoms with Gasteiger partial charge in [0.2, 0.25) is 0 Å². The molecule has 5 N–H and O–H groups in total. The topological polar surface area (TPSA) is 114 Å². The van der Waals surface area contributed by atoms with Crippen LogP contribution in [0, 0.1) is 5.41 Å². The Kier molecular flexibility index (Phi) is 11.3. The third kappa shape index (κ3) is 8.64. The smallest absolute Gasteiger partial charge is 0.548 e. The van der Waals surface area contributed by atoms with Crippen molar-refractivity contribution in [3.8, 4) is 0 Å². The van der Waals surface area contributed by atoms with Crippen molar-refractivity contribution in [2.45, 2.75) is 18.9 Å². The van der Waals surface area contributed by atoms with Crippen LogP contribution in [0.1, 0.15) is 12.8 Å². The number of nitrogens with one attached hydrogen (secondary N) is 3. The first-order chi connectivity index (χ1) is 6.07. The third-order valence-corrected chi connectivity index (χ3v) is 1.74. The summed E-state index contributed by atoms with van der Waals surface area (Å²) in [6.07, 6.45) is 0.956. The van der Waals surface area contributed by atoms with E-state index < -0.39 is 12.0 Å². The van der Waals surface area contributed by atoms with Crippen LogP contribution in [-0.4, -0.2) is 24.5 Å². The predicted molar refractivity (Wildman–Crippen MR) is 50.1 cm³/mol. The number of aliphatic carboxylic acids is 1. The van der Waals surface area contributed by atoms with E-state index in [1.165, 1.54) is 0 Å². The monoisotopic (exact) mass is 228 g/mol. The first kappa shape index (κ1) is 16.5. The summed E-state index contributed by atoms with van der Waals surface area (Å²) in [4.78, 5) is 10.3. The number of hydrogen-bond acceptors (Lipinski definition) is 5. The molecule has 14 heavy (non-hydrogen) atoms. The van der Waals surface area contributed by atoms with Gasteiger partial charge in [0.1, 0.15) is 0 Å². The Hall–Kier alpha value is 0.0500. The van der Waals surface area contributed by atoms with Crippen LogP contribution in [0.15, 0.2) is 0 Å². The van der Waals surface area contributed by atoms with E-state index in [-0.39, 0.29) is 35.5 Å². The zero-order valence-corrected chi connectivity index (χ0v) is 10.9. The van der Waals surface area contributed by atoms with Crippen LogP contribution in [0.25, 0.3) is 0 Å². The summed E-state index contributed by atoms with van der Waals surface area (Å²) in [6, 6.07) is -0.767. The van der Waals surface area contributed by atoms with Crippen LogP contribution < -0.4 is 50.4 Å². The SMILES string of the molecule is N=C(N)NCCC[C@H](NS)C(=O)[O-].[Na+]. The Morgan fingerprint density at radius 2 is 2.21 bits per heavy atom. The van der Waals surface area contributed by atoms with Crippen molar-refractivity contribution >= 4 is 24.7 Å². The van der Waals surface area contributed by atoms with Crippen LogP contribution in [0.4, 0.5) is 0 Å². The fourth-order valence-corrected chi connectivity index (χ4v) is 0.999. The van der Waals surface area contributed by atoms with Crippen LogP contribution >= 0.6 is 12.8 Å². The van der Waals surface area contributed by atoms with E-state index in [1.54, 1.807) is 0 Å². The number of thiol groups is 1. The number of guanidine groups is 1. The molecule has 0 fully saturated rings. The van der Waals surface area contributed by atoms with Crippen molar-refractivity contribution < 1.29 is 39.5 Å². The Labute approximate surface area is 110 Å². The number of carbonyl (C=O) groups is 1. The first-order valence-electron chi connectivity index (χ1n) is 3.76. The molecule has 0 heterocycles. The van der Waals surface area contributed by atoms with E-state index in [9.17, 15) is 9.90 Å². The van der Waals surface area contributed by atoms with E-state index in [1.807, 2.05) is 0 Å². The molecule has 1 atom stereocenters. The number of hydrogen-bond donors (Lipinski definition) is 5. The average molecular weight is 228 g/mol. The molecule has 0 aliphatic rings. The van der Waals surface area contributed by atoms with Gasteiger partial charge in [0.05, 0.1) is 12.0 Å². The van der Waals surface area contributed by atoms with Gasteiger partial charge >= 0.3 is 29.6 Å². The maximum absolute atomic E-state index is 10.3. The molecule has 0 saturated carbocycles. The minimum absolute atomic E-state index is 0. The van der Waals surface area contributed by atoms with Gasteiger partial charge in [-0.2, -0.15) is 0 Å². The zero-order valence-electron chi connectivity index (χ0n) is 8.04. The summed E-state index contributed by atoms with van der Waals surface area (Å²) < 4.78 is 2.31. The van der Waals surface area contributed by atoms with Gasteiger partial charge in [-0.05, 0) is 12.8 Å². The molecule has 8 heteroatoms. The Bertz CT molecular complexity index is 193. The third-order valence-electron chi connectivity index (χ3n) is 1.43. The Morgan fingerprint density at radius 3 is 2.57 bits per heavy atom. The van der Waals surface area contributed by atoms with Gasteiger partial charge in [0, 0.05) is 6.54 Å². The van der Waals surface area contributed by atoms with E-state index in [0.717, 1.165) is 0 Å². The van der Waals surface area contributed by atoms with Crippen LogP contribution in [0.2, 0.25) is 0 Å². The minimum atomic E-state index is -1.18. The standard InChI is InChI=1S/C6H14N4O2S.Na/c7-6(8)9-3-1-2-4(10-13)5(11)12;/h4,10,13H,1-3H2,(H,11,12)(H4,7,8,9);/q;+1/p-1/t4-;/m0./s1. The molecule has 0 aromatic rings. The average Bonchev–Trinajstić information content (AvgIpc) is 2.03. The fourth-order valence-electron chi connectivity index (χ4n) is 0.764. The summed E-state index contributed by atoms with van der Waals surface area (Å²) >= 11 is 3.64. The molecule has 0 amide bonds. The van der Waals surface area contributed by atoms with Crippen molar-refractivity contribution in [1.82, 2.24) is 10.0 Å². The molecule has 76 valence electrons. The fraction of sp³-hybridized carbons (Fsp3) is 0.667. The summed E-state index contributed by atoms with van der Waals surface area (Å²) in [5, 5.41) is 19.7. The van der Waals surface area contributed by atoms with Crippen molar-refractivity contribution in [1.29, 1.82) is 5.41 Å². The van der Waals surface area contributed by atoms with Gasteiger partial charge < -0.3 is 21.0 Å². The van der Waals surface area contributed by atoms with E-state index in [0.29, 0.717) is 19.4 Å². The molecule has 6 nitrogen and oxygen atoms in total. The summed E-state index contributed by atoms with van der Waals surface area (Å²) in [7, 11) is 0. The normalized spacial score (nSPS) is 11.2. The van der Waals surface area contributed by atoms with Crippen molar-refractivity contribution in [3.63, 3.8) is 0 Å². The van der Waals surface area contributed by atoms with Gasteiger partial charge in [-0.25, -0.2) is 0 Å². The van der Waals surface area contributed by atoms with Gasteiger partial charge in [-0.15, -0.1) is 0 Å². The number of carbonyl (C=O) groups excluding carboxylic acids is 1. The minimum Gasteiger partial charge on any atom is -0.548 e. The summed E-state index contributed by atoms with van der Waals surface area (Å²) in [5.41, 5.74) is 5.01. The number of rotatable bonds is 6. The maximum atomic E-state index is 10.3. The molecule has 0 aromatic heterocycles. The second kappa shape index (κ2) is 9.60. The van der Waals surface area contributed by atoms with Crippen LogP contribution in [-0.2, 0) is 4.79 Å².